The highest BCUT2D eigenvalue weighted by Gasteiger charge is 2.15. The SMILES string of the molecule is CC(N)=NCCCC[C@H](N)C(=O)c1cccs1. The molecule has 0 spiro atoms. The third-order valence-electron chi connectivity index (χ3n) is 2.39. The fraction of sp³-hybridized carbons (Fsp3) is 0.500. The van der Waals surface area contributed by atoms with Gasteiger partial charge in [0.05, 0.1) is 16.8 Å². The summed E-state index contributed by atoms with van der Waals surface area (Å²) in [6.45, 7) is 2.48. The first-order valence-electron chi connectivity index (χ1n) is 5.71. The van der Waals surface area contributed by atoms with Crippen molar-refractivity contribution in [3.05, 3.63) is 22.4 Å². The number of Topliss-reactive ketones (excluding diaryl/α,β-unsaturated/α-hetero) is 1. The Balaban J connectivity index is 2.23. The Hall–Kier alpha value is -1.20. The summed E-state index contributed by atoms with van der Waals surface area (Å²) >= 11 is 1.44. The van der Waals surface area contributed by atoms with Gasteiger partial charge in [0.15, 0.2) is 5.78 Å². The van der Waals surface area contributed by atoms with Crippen LogP contribution in [0.2, 0.25) is 0 Å². The molecular weight excluding hydrogens is 234 g/mol. The van der Waals surface area contributed by atoms with E-state index in [-0.39, 0.29) is 5.78 Å². The van der Waals surface area contributed by atoms with Gasteiger partial charge in [-0.2, -0.15) is 0 Å². The van der Waals surface area contributed by atoms with E-state index in [1.807, 2.05) is 17.5 Å². The lowest BCUT2D eigenvalue weighted by atomic mass is 10.1. The van der Waals surface area contributed by atoms with Crippen LogP contribution in [0, 0.1) is 0 Å². The maximum Gasteiger partial charge on any atom is 0.189 e. The van der Waals surface area contributed by atoms with Crippen molar-refractivity contribution in [2.75, 3.05) is 6.54 Å². The fourth-order valence-electron chi connectivity index (χ4n) is 1.46. The Morgan fingerprint density at radius 3 is 2.88 bits per heavy atom. The highest BCUT2D eigenvalue weighted by molar-refractivity contribution is 7.12. The van der Waals surface area contributed by atoms with Crippen molar-refractivity contribution < 1.29 is 4.79 Å². The van der Waals surface area contributed by atoms with Gasteiger partial charge < -0.3 is 11.5 Å². The molecule has 1 rings (SSSR count). The largest absolute Gasteiger partial charge is 0.388 e. The van der Waals surface area contributed by atoms with E-state index in [4.69, 9.17) is 11.5 Å². The quantitative estimate of drug-likeness (QED) is 0.336. The average molecular weight is 253 g/mol. The molecular formula is C12H19N3OS. The van der Waals surface area contributed by atoms with Gasteiger partial charge in [0.2, 0.25) is 0 Å². The van der Waals surface area contributed by atoms with E-state index in [1.165, 1.54) is 11.3 Å². The zero-order chi connectivity index (χ0) is 12.7. The molecule has 5 heteroatoms. The molecule has 0 bridgehead atoms. The number of nitrogens with two attached hydrogens (primary N) is 2. The summed E-state index contributed by atoms with van der Waals surface area (Å²) in [5.41, 5.74) is 11.3. The predicted octanol–water partition coefficient (Wildman–Crippen LogP) is 1.81. The third kappa shape index (κ3) is 5.10. The van der Waals surface area contributed by atoms with Crippen molar-refractivity contribution in [2.45, 2.75) is 32.2 Å². The molecule has 1 aromatic heterocycles. The molecule has 4 nitrogen and oxygen atoms in total. The number of amidine groups is 1. The average Bonchev–Trinajstić information content (AvgIpc) is 2.80. The Morgan fingerprint density at radius 1 is 1.53 bits per heavy atom. The van der Waals surface area contributed by atoms with Gasteiger partial charge in [0.25, 0.3) is 0 Å². The number of hydrogen-bond acceptors (Lipinski definition) is 4. The molecule has 0 amide bonds. The van der Waals surface area contributed by atoms with E-state index >= 15 is 0 Å². The lowest BCUT2D eigenvalue weighted by Gasteiger charge is -2.08. The molecule has 0 saturated carbocycles. The molecule has 0 aliphatic heterocycles. The van der Waals surface area contributed by atoms with Crippen LogP contribution in [0.25, 0.3) is 0 Å². The van der Waals surface area contributed by atoms with Crippen LogP contribution < -0.4 is 11.5 Å². The lowest BCUT2D eigenvalue weighted by Crippen LogP contribution is -2.29. The number of nitrogens with zero attached hydrogens (tertiary/aromatic N) is 1. The van der Waals surface area contributed by atoms with Crippen LogP contribution in [0.5, 0.6) is 0 Å². The minimum Gasteiger partial charge on any atom is -0.388 e. The first kappa shape index (κ1) is 13.9. The Kier molecular flexibility index (Phi) is 5.86. The Labute approximate surface area is 106 Å². The van der Waals surface area contributed by atoms with E-state index in [1.54, 1.807) is 6.92 Å². The van der Waals surface area contributed by atoms with Crippen LogP contribution >= 0.6 is 11.3 Å². The van der Waals surface area contributed by atoms with E-state index < -0.39 is 6.04 Å². The molecule has 17 heavy (non-hydrogen) atoms. The van der Waals surface area contributed by atoms with Gasteiger partial charge in [0.1, 0.15) is 0 Å². The molecule has 1 aromatic rings. The van der Waals surface area contributed by atoms with Crippen molar-refractivity contribution >= 4 is 23.0 Å². The van der Waals surface area contributed by atoms with Gasteiger partial charge in [-0.15, -0.1) is 11.3 Å². The number of hydrogen-bond donors (Lipinski definition) is 2. The Bertz CT molecular complexity index is 369. The number of unbranched alkanes of at least 4 members (excludes halogenated alkanes) is 1. The van der Waals surface area contributed by atoms with Crippen molar-refractivity contribution in [2.24, 2.45) is 16.5 Å². The number of carbonyl (C=O) groups is 1. The molecule has 4 N–H and O–H groups in total. The standard InChI is InChI=1S/C12H19N3OS/c1-9(13)15-7-3-2-5-10(14)12(16)11-6-4-8-17-11/h4,6,8,10H,2-3,5,7,14H2,1H3,(H2,13,15)/t10-/m0/s1. The van der Waals surface area contributed by atoms with E-state index in [9.17, 15) is 4.79 Å². The van der Waals surface area contributed by atoms with Gasteiger partial charge in [-0.3, -0.25) is 9.79 Å². The number of thiophene rings is 1. The summed E-state index contributed by atoms with van der Waals surface area (Å²) in [5.74, 6) is 0.641. The molecule has 0 aromatic carbocycles. The van der Waals surface area contributed by atoms with Crippen LogP contribution in [-0.2, 0) is 0 Å². The van der Waals surface area contributed by atoms with Crippen molar-refractivity contribution in [1.29, 1.82) is 0 Å². The molecule has 0 aliphatic rings. The highest BCUT2D eigenvalue weighted by Crippen LogP contribution is 2.13. The molecule has 1 atom stereocenters. The summed E-state index contributed by atoms with van der Waals surface area (Å²) in [7, 11) is 0. The molecule has 1 heterocycles. The summed E-state index contributed by atoms with van der Waals surface area (Å²) in [6.07, 6.45) is 2.52. The van der Waals surface area contributed by atoms with Crippen LogP contribution in [-0.4, -0.2) is 24.2 Å². The van der Waals surface area contributed by atoms with Gasteiger partial charge in [0, 0.05) is 6.54 Å². The minimum absolute atomic E-state index is 0.0403. The molecule has 0 saturated heterocycles. The summed E-state index contributed by atoms with van der Waals surface area (Å²) in [4.78, 5) is 16.6. The molecule has 0 aliphatic carbocycles. The van der Waals surface area contributed by atoms with Crippen LogP contribution in [0.3, 0.4) is 0 Å². The fourth-order valence-corrected chi connectivity index (χ4v) is 2.19. The van der Waals surface area contributed by atoms with Crippen LogP contribution in [0.15, 0.2) is 22.5 Å². The van der Waals surface area contributed by atoms with Crippen LogP contribution in [0.4, 0.5) is 0 Å². The van der Waals surface area contributed by atoms with E-state index in [0.29, 0.717) is 18.8 Å². The number of ketones is 1. The lowest BCUT2D eigenvalue weighted by molar-refractivity contribution is 0.0960. The van der Waals surface area contributed by atoms with Crippen molar-refractivity contribution in [1.82, 2.24) is 0 Å². The number of aliphatic imine (C=N–C) groups is 1. The first-order valence-corrected chi connectivity index (χ1v) is 6.59. The van der Waals surface area contributed by atoms with Gasteiger partial charge in [-0.25, -0.2) is 0 Å². The summed E-state index contributed by atoms with van der Waals surface area (Å²) in [5, 5.41) is 1.89. The topological polar surface area (TPSA) is 81.5 Å². The third-order valence-corrected chi connectivity index (χ3v) is 3.27. The van der Waals surface area contributed by atoms with Crippen molar-refractivity contribution in [3.63, 3.8) is 0 Å². The molecule has 94 valence electrons. The monoisotopic (exact) mass is 253 g/mol. The van der Waals surface area contributed by atoms with Gasteiger partial charge >= 0.3 is 0 Å². The van der Waals surface area contributed by atoms with Gasteiger partial charge in [-0.05, 0) is 37.6 Å². The zero-order valence-corrected chi connectivity index (χ0v) is 10.9. The zero-order valence-electron chi connectivity index (χ0n) is 10.1. The summed E-state index contributed by atoms with van der Waals surface area (Å²) < 4.78 is 0. The normalized spacial score (nSPS) is 13.6. The molecule has 0 radical (unpaired) electrons. The van der Waals surface area contributed by atoms with E-state index in [0.717, 1.165) is 17.7 Å². The second-order valence-electron chi connectivity index (χ2n) is 3.97. The maximum absolute atomic E-state index is 11.8. The molecule has 0 fully saturated rings. The van der Waals surface area contributed by atoms with Crippen LogP contribution in [0.1, 0.15) is 35.9 Å². The number of carbonyl (C=O) groups excluding carboxylic acids is 1. The Morgan fingerprint density at radius 2 is 2.29 bits per heavy atom. The smallest absolute Gasteiger partial charge is 0.189 e. The first-order chi connectivity index (χ1) is 8.11. The summed E-state index contributed by atoms with van der Waals surface area (Å²) in [6, 6.07) is 3.29. The van der Waals surface area contributed by atoms with Crippen molar-refractivity contribution in [3.8, 4) is 0 Å². The maximum atomic E-state index is 11.8. The number of rotatable bonds is 7. The molecule has 0 unspecified atom stereocenters. The minimum atomic E-state index is -0.392. The second kappa shape index (κ2) is 7.19. The van der Waals surface area contributed by atoms with E-state index in [2.05, 4.69) is 4.99 Å². The van der Waals surface area contributed by atoms with Gasteiger partial charge in [-0.1, -0.05) is 6.07 Å². The predicted molar refractivity (Wildman–Crippen MR) is 72.6 cm³/mol. The second-order valence-corrected chi connectivity index (χ2v) is 4.91. The highest BCUT2D eigenvalue weighted by atomic mass is 32.1.